The predicted molar refractivity (Wildman–Crippen MR) is 152 cm³/mol. The molecule has 3 heterocycles. The summed E-state index contributed by atoms with van der Waals surface area (Å²) in [5.41, 5.74) is 9.67. The number of hydrogen-bond donors (Lipinski definition) is 3. The van der Waals surface area contributed by atoms with Crippen molar-refractivity contribution in [3.8, 4) is 6.07 Å². The Labute approximate surface area is 233 Å². The monoisotopic (exact) mass is 545 g/mol. The fourth-order valence-electron chi connectivity index (χ4n) is 5.60. The van der Waals surface area contributed by atoms with Crippen LogP contribution in [0.15, 0.2) is 47.4 Å². The van der Waals surface area contributed by atoms with Crippen molar-refractivity contribution < 1.29 is 9.50 Å². The van der Waals surface area contributed by atoms with Crippen molar-refractivity contribution in [3.63, 3.8) is 0 Å². The van der Waals surface area contributed by atoms with Crippen molar-refractivity contribution >= 4 is 23.5 Å². The molecule has 3 aromatic rings. The first-order valence-electron chi connectivity index (χ1n) is 13.6. The molecule has 3 fully saturated rings. The van der Waals surface area contributed by atoms with Crippen LogP contribution >= 0.6 is 0 Å². The van der Waals surface area contributed by atoms with Crippen LogP contribution in [-0.4, -0.2) is 59.3 Å². The summed E-state index contributed by atoms with van der Waals surface area (Å²) in [6.07, 6.45) is 9.39. The van der Waals surface area contributed by atoms with Crippen molar-refractivity contribution in [2.75, 3.05) is 0 Å². The van der Waals surface area contributed by atoms with Crippen LogP contribution in [0.2, 0.25) is 0 Å². The maximum absolute atomic E-state index is 14.5. The van der Waals surface area contributed by atoms with Gasteiger partial charge >= 0.3 is 0 Å². The van der Waals surface area contributed by atoms with Crippen LogP contribution in [0.1, 0.15) is 76.2 Å². The summed E-state index contributed by atoms with van der Waals surface area (Å²) in [4.78, 5) is 4.35. The Morgan fingerprint density at radius 3 is 2.65 bits per heavy atom. The van der Waals surface area contributed by atoms with Gasteiger partial charge in [-0.15, -0.1) is 5.10 Å². The summed E-state index contributed by atoms with van der Waals surface area (Å²) in [5, 5.41) is 36.0. The summed E-state index contributed by atoms with van der Waals surface area (Å²) in [5.74, 6) is 0. The van der Waals surface area contributed by atoms with Crippen LogP contribution in [-0.2, 0) is 6.54 Å². The van der Waals surface area contributed by atoms with Gasteiger partial charge in [-0.2, -0.15) is 10.4 Å². The Kier molecular flexibility index (Phi) is 7.10. The van der Waals surface area contributed by atoms with Crippen LogP contribution in [0, 0.1) is 11.3 Å². The van der Waals surface area contributed by atoms with E-state index in [1.807, 2.05) is 25.1 Å². The molecule has 1 atom stereocenters. The van der Waals surface area contributed by atoms with Crippen molar-refractivity contribution in [1.29, 1.82) is 5.26 Å². The average molecular weight is 546 g/mol. The van der Waals surface area contributed by atoms with Gasteiger partial charge in [0.15, 0.2) is 0 Å². The number of alkyl halides is 1. The molecule has 3 aromatic heterocycles. The Morgan fingerprint density at radius 1 is 1.32 bits per heavy atom. The molecule has 0 spiro atoms. The molecule has 40 heavy (non-hydrogen) atoms. The zero-order valence-corrected chi connectivity index (χ0v) is 23.2. The lowest BCUT2D eigenvalue weighted by molar-refractivity contribution is -0.0120. The standard InChI is InChI=1S/C29H36FN9O/c1-19(24-17-38(37-36-24)18-26(30)27(2,3)40)22(35-29-10-7-28(32,8-11-29)9-12-29)14-23(33-4)25-6-5-21-13-20(15-31)16-34-39(21)25/h5-6,13-14,16-17,26,35,40H,4,7-12,18,32H2,1-3H3/b22-19-,23-14-/t26-,28?,29?/m1/s1. The lowest BCUT2D eigenvalue weighted by Gasteiger charge is -2.52. The van der Waals surface area contributed by atoms with Crippen LogP contribution < -0.4 is 11.1 Å². The van der Waals surface area contributed by atoms with Crippen LogP contribution in [0.4, 0.5) is 4.39 Å². The molecule has 3 saturated carbocycles. The molecule has 3 aliphatic carbocycles. The lowest BCUT2D eigenvalue weighted by Crippen LogP contribution is -2.60. The van der Waals surface area contributed by atoms with Gasteiger partial charge in [-0.05, 0) is 90.3 Å². The van der Waals surface area contributed by atoms with E-state index < -0.39 is 11.8 Å². The second-order valence-electron chi connectivity index (χ2n) is 11.9. The number of nitrogens with zero attached hydrogens (tertiary/aromatic N) is 7. The first kappa shape index (κ1) is 27.7. The van der Waals surface area contributed by atoms with Crippen molar-refractivity contribution in [2.24, 2.45) is 10.7 Å². The van der Waals surface area contributed by atoms with Crippen molar-refractivity contribution in [1.82, 2.24) is 29.9 Å². The summed E-state index contributed by atoms with van der Waals surface area (Å²) in [6.45, 7) is 8.52. The Bertz CT molecular complexity index is 1510. The van der Waals surface area contributed by atoms with Gasteiger partial charge < -0.3 is 16.2 Å². The number of nitriles is 1. The topological polar surface area (TPSA) is 142 Å². The van der Waals surface area contributed by atoms with Crippen LogP contribution in [0.5, 0.6) is 0 Å². The third-order valence-corrected chi connectivity index (χ3v) is 8.49. The molecule has 10 nitrogen and oxygen atoms in total. The van der Waals surface area contributed by atoms with Crippen molar-refractivity contribution in [3.05, 3.63) is 59.3 Å². The number of hydrogen-bond acceptors (Lipinski definition) is 8. The number of allylic oxidation sites excluding steroid dienone is 2. The fourth-order valence-corrected chi connectivity index (χ4v) is 5.60. The highest BCUT2D eigenvalue weighted by Crippen LogP contribution is 2.46. The van der Waals surface area contributed by atoms with Gasteiger partial charge in [0.25, 0.3) is 0 Å². The molecule has 0 unspecified atom stereocenters. The smallest absolute Gasteiger partial charge is 0.148 e. The lowest BCUT2D eigenvalue weighted by atomic mass is 9.62. The fraction of sp³-hybridized carbons (Fsp3) is 0.483. The first-order valence-corrected chi connectivity index (χ1v) is 13.6. The first-order chi connectivity index (χ1) is 18.9. The Hall–Kier alpha value is -3.88. The molecule has 0 radical (unpaired) electrons. The number of nitrogens with two attached hydrogens (primary N) is 1. The third kappa shape index (κ3) is 5.42. The highest BCUT2D eigenvalue weighted by atomic mass is 19.1. The molecule has 210 valence electrons. The number of aromatic nitrogens is 5. The van der Waals surface area contributed by atoms with E-state index in [0.717, 1.165) is 61.0 Å². The number of fused-ring (bicyclic) bond motifs is 4. The van der Waals surface area contributed by atoms with Crippen LogP contribution in [0.25, 0.3) is 16.8 Å². The predicted octanol–water partition coefficient (Wildman–Crippen LogP) is 3.77. The normalized spacial score (nSPS) is 24.5. The minimum absolute atomic E-state index is 0.0725. The molecule has 3 aliphatic rings. The Morgan fingerprint density at radius 2 is 2.02 bits per heavy atom. The van der Waals surface area contributed by atoms with E-state index >= 15 is 0 Å². The molecule has 0 amide bonds. The van der Waals surface area contributed by atoms with Crippen LogP contribution in [0.3, 0.4) is 0 Å². The minimum atomic E-state index is -1.50. The van der Waals surface area contributed by atoms with E-state index in [0.29, 0.717) is 17.0 Å². The molecular weight excluding hydrogens is 509 g/mol. The third-order valence-electron chi connectivity index (χ3n) is 8.49. The zero-order chi connectivity index (χ0) is 28.7. The van der Waals surface area contributed by atoms with Gasteiger partial charge in [0.2, 0.25) is 0 Å². The molecular formula is C29H36FN9O. The second kappa shape index (κ2) is 10.3. The number of aliphatic imine (C=N–C) groups is 1. The van der Waals surface area contributed by atoms with Gasteiger partial charge in [0.1, 0.15) is 17.9 Å². The minimum Gasteiger partial charge on any atom is -0.387 e. The van der Waals surface area contributed by atoms with Gasteiger partial charge in [-0.1, -0.05) is 5.21 Å². The number of nitrogens with one attached hydrogen (secondary N) is 1. The van der Waals surface area contributed by atoms with E-state index in [1.165, 1.54) is 24.7 Å². The van der Waals surface area contributed by atoms with Gasteiger partial charge in [0.05, 0.1) is 47.0 Å². The van der Waals surface area contributed by atoms with E-state index in [2.05, 4.69) is 38.5 Å². The number of rotatable bonds is 9. The molecule has 0 aliphatic heterocycles. The zero-order valence-electron chi connectivity index (χ0n) is 23.2. The summed E-state index contributed by atoms with van der Waals surface area (Å²) < 4.78 is 17.7. The SMILES string of the molecule is C=N/C(=C\C(NC12CCC(N)(CC1)CC2)=C(/C)c1cn(C[C@@H](F)C(C)(C)O)nn1)c1ccc2cc(C#N)cnn12. The highest BCUT2D eigenvalue weighted by molar-refractivity contribution is 5.76. The van der Waals surface area contributed by atoms with Gasteiger partial charge in [-0.3, -0.25) is 4.99 Å². The largest absolute Gasteiger partial charge is 0.387 e. The van der Waals surface area contributed by atoms with Gasteiger partial charge in [0, 0.05) is 22.3 Å². The average Bonchev–Trinajstić information content (AvgIpc) is 3.58. The number of aliphatic hydroxyl groups is 1. The number of halogens is 1. The molecule has 6 rings (SSSR count). The second-order valence-corrected chi connectivity index (χ2v) is 11.9. The van der Waals surface area contributed by atoms with E-state index in [1.54, 1.807) is 16.8 Å². The maximum Gasteiger partial charge on any atom is 0.148 e. The maximum atomic E-state index is 14.5. The summed E-state index contributed by atoms with van der Waals surface area (Å²) in [6, 6.07) is 7.66. The Balaban J connectivity index is 1.55. The molecule has 0 aromatic carbocycles. The highest BCUT2D eigenvalue weighted by Gasteiger charge is 2.46. The molecule has 4 N–H and O–H groups in total. The van der Waals surface area contributed by atoms with Crippen molar-refractivity contribution in [2.45, 2.75) is 88.7 Å². The molecule has 2 bridgehead atoms. The molecule has 0 saturated heterocycles. The van der Waals surface area contributed by atoms with Gasteiger partial charge in [-0.25, -0.2) is 13.6 Å². The van der Waals surface area contributed by atoms with E-state index in [4.69, 9.17) is 5.73 Å². The van der Waals surface area contributed by atoms with E-state index in [-0.39, 0.29) is 17.6 Å². The summed E-state index contributed by atoms with van der Waals surface area (Å²) in [7, 11) is 0. The quantitative estimate of drug-likeness (QED) is 0.274. The van der Waals surface area contributed by atoms with E-state index in [9.17, 15) is 14.8 Å². The summed E-state index contributed by atoms with van der Waals surface area (Å²) >= 11 is 0. The molecule has 11 heteroatoms.